The van der Waals surface area contributed by atoms with Crippen LogP contribution < -0.4 is 0 Å². The monoisotopic (exact) mass is 164 g/mol. The van der Waals surface area contributed by atoms with Gasteiger partial charge in [-0.15, -0.1) is 6.42 Å². The maximum Gasteiger partial charge on any atom is 0.297 e. The predicted molar refractivity (Wildman–Crippen MR) is 49.1 cm³/mol. The van der Waals surface area contributed by atoms with E-state index < -0.39 is 10.8 Å². The van der Waals surface area contributed by atoms with Crippen LogP contribution in [0.3, 0.4) is 0 Å². The molecule has 1 aliphatic rings. The molecule has 1 fully saturated rings. The van der Waals surface area contributed by atoms with Crippen molar-refractivity contribution in [1.82, 2.24) is 0 Å². The highest BCUT2D eigenvalue weighted by molar-refractivity contribution is 6.50. The van der Waals surface area contributed by atoms with Gasteiger partial charge in [-0.05, 0) is 0 Å². The summed E-state index contributed by atoms with van der Waals surface area (Å²) in [6, 6.07) is 0. The molecule has 0 amide bonds. The fraction of sp³-hybridized carbons (Fsp3) is 0.571. The third kappa shape index (κ3) is 1.23. The normalized spacial score (nSPS) is 32.5. The van der Waals surface area contributed by atoms with Crippen molar-refractivity contribution in [3.05, 3.63) is 0 Å². The summed E-state index contributed by atoms with van der Waals surface area (Å²) in [5.74, 6) is 1.98. The molecule has 0 unspecified atom stereocenters. The molecule has 12 heavy (non-hydrogen) atoms. The van der Waals surface area contributed by atoms with Crippen molar-refractivity contribution in [1.29, 1.82) is 0 Å². The van der Waals surface area contributed by atoms with Gasteiger partial charge in [0, 0.05) is 11.6 Å². The van der Waals surface area contributed by atoms with E-state index in [0.29, 0.717) is 6.42 Å². The Morgan fingerprint density at radius 1 is 1.75 bits per heavy atom. The fourth-order valence-electron chi connectivity index (χ4n) is 1.35. The van der Waals surface area contributed by atoms with Gasteiger partial charge < -0.3 is 9.84 Å². The lowest BCUT2D eigenvalue weighted by molar-refractivity contribution is -0.147. The molecule has 0 saturated carbocycles. The van der Waals surface area contributed by atoms with Crippen LogP contribution in [0.25, 0.3) is 0 Å². The summed E-state index contributed by atoms with van der Waals surface area (Å²) in [6.07, 6.45) is 5.56. The van der Waals surface area contributed by atoms with E-state index in [1.54, 1.807) is 15.7 Å². The van der Waals surface area contributed by atoms with Crippen LogP contribution in [0.4, 0.5) is 0 Å². The predicted octanol–water partition coefficient (Wildman–Crippen LogP) is -2.32. The largest absolute Gasteiger partial charge is 0.444 e. The first kappa shape index (κ1) is 9.21. The smallest absolute Gasteiger partial charge is 0.297 e. The zero-order valence-corrected chi connectivity index (χ0v) is 7.26. The summed E-state index contributed by atoms with van der Waals surface area (Å²) >= 11 is 0. The maximum atomic E-state index is 11.2. The van der Waals surface area contributed by atoms with Crippen LogP contribution in [0.1, 0.15) is 6.42 Å². The average molecular weight is 164 g/mol. The van der Waals surface area contributed by atoms with Crippen LogP contribution in [0.15, 0.2) is 0 Å². The number of aliphatic hydroxyl groups is 1. The molecule has 1 atom stereocenters. The standard InChI is InChI=1S/C7H10B2O3/c1-2-6(4-10)3-7(8,9)5(11)12-6/h1,10H,3-4,8-9H2/t6-/m0/s1. The molecule has 1 saturated heterocycles. The lowest BCUT2D eigenvalue weighted by Gasteiger charge is -2.18. The van der Waals surface area contributed by atoms with Gasteiger partial charge in [-0.2, -0.15) is 0 Å². The number of ether oxygens (including phenoxy) is 1. The zero-order chi connectivity index (χ0) is 9.41. The minimum Gasteiger partial charge on any atom is -0.444 e. The number of terminal acetylenes is 1. The Labute approximate surface area is 73.3 Å². The Morgan fingerprint density at radius 3 is 2.50 bits per heavy atom. The van der Waals surface area contributed by atoms with Crippen molar-refractivity contribution in [2.24, 2.45) is 0 Å². The van der Waals surface area contributed by atoms with Crippen molar-refractivity contribution < 1.29 is 14.6 Å². The number of hydrogen-bond donors (Lipinski definition) is 1. The molecule has 1 aliphatic heterocycles. The molecule has 0 aromatic heterocycles. The topological polar surface area (TPSA) is 46.5 Å². The average Bonchev–Trinajstić information content (AvgIpc) is 2.24. The van der Waals surface area contributed by atoms with Crippen LogP contribution in [0.2, 0.25) is 5.21 Å². The van der Waals surface area contributed by atoms with Crippen molar-refractivity contribution in [3.8, 4) is 12.3 Å². The van der Waals surface area contributed by atoms with Crippen molar-refractivity contribution in [2.45, 2.75) is 17.2 Å². The van der Waals surface area contributed by atoms with E-state index in [1.807, 2.05) is 0 Å². The SMILES string of the molecule is BC1(B)C[C@@](C#C)(CO)OC1=O. The first-order valence-electron chi connectivity index (χ1n) is 3.78. The van der Waals surface area contributed by atoms with Gasteiger partial charge >= 0.3 is 0 Å². The minimum absolute atomic E-state index is 0.307. The lowest BCUT2D eigenvalue weighted by Crippen LogP contribution is -2.31. The Kier molecular flexibility index (Phi) is 1.97. The highest BCUT2D eigenvalue weighted by Crippen LogP contribution is 2.40. The fourth-order valence-corrected chi connectivity index (χ4v) is 1.35. The number of esters is 1. The number of aliphatic hydroxyl groups excluding tert-OH is 1. The molecule has 3 nitrogen and oxygen atoms in total. The van der Waals surface area contributed by atoms with Crippen LogP contribution in [0, 0.1) is 12.3 Å². The molecule has 1 rings (SSSR count). The van der Waals surface area contributed by atoms with Crippen molar-refractivity contribution in [3.63, 3.8) is 0 Å². The van der Waals surface area contributed by atoms with Gasteiger partial charge in [0.1, 0.15) is 15.7 Å². The molecule has 0 aliphatic carbocycles. The Hall–Kier alpha value is -0.880. The molecule has 0 bridgehead atoms. The van der Waals surface area contributed by atoms with E-state index in [9.17, 15) is 4.79 Å². The zero-order valence-electron chi connectivity index (χ0n) is 7.26. The highest BCUT2D eigenvalue weighted by Gasteiger charge is 2.50. The van der Waals surface area contributed by atoms with Crippen molar-refractivity contribution in [2.75, 3.05) is 6.61 Å². The lowest BCUT2D eigenvalue weighted by atomic mass is 9.52. The van der Waals surface area contributed by atoms with Crippen molar-refractivity contribution >= 4 is 21.7 Å². The van der Waals surface area contributed by atoms with Crippen LogP contribution in [-0.4, -0.2) is 39.0 Å². The molecular formula is C7H10B2O3. The van der Waals surface area contributed by atoms with E-state index in [4.69, 9.17) is 16.3 Å². The first-order chi connectivity index (χ1) is 5.46. The number of hydrogen-bond acceptors (Lipinski definition) is 3. The quantitative estimate of drug-likeness (QED) is 0.268. The van der Waals surface area contributed by atoms with Gasteiger partial charge in [-0.1, -0.05) is 5.92 Å². The molecule has 0 radical (unpaired) electrons. The second kappa shape index (κ2) is 2.56. The van der Waals surface area contributed by atoms with E-state index >= 15 is 0 Å². The third-order valence-corrected chi connectivity index (χ3v) is 2.09. The van der Waals surface area contributed by atoms with E-state index in [2.05, 4.69) is 5.92 Å². The van der Waals surface area contributed by atoms with Crippen LogP contribution >= 0.6 is 0 Å². The van der Waals surface area contributed by atoms with Crippen LogP contribution in [-0.2, 0) is 9.53 Å². The summed E-state index contributed by atoms with van der Waals surface area (Å²) in [7, 11) is 3.51. The molecule has 0 aromatic rings. The van der Waals surface area contributed by atoms with Gasteiger partial charge in [0.05, 0.1) is 6.61 Å². The van der Waals surface area contributed by atoms with E-state index in [1.165, 1.54) is 0 Å². The molecule has 62 valence electrons. The summed E-state index contributed by atoms with van der Waals surface area (Å²) in [4.78, 5) is 11.2. The van der Waals surface area contributed by atoms with Gasteiger partial charge in [-0.25, -0.2) is 0 Å². The summed E-state index contributed by atoms with van der Waals surface area (Å²) < 4.78 is 4.94. The Bertz CT molecular complexity index is 256. The van der Waals surface area contributed by atoms with Gasteiger partial charge in [0.2, 0.25) is 0 Å². The molecule has 1 N–H and O–H groups in total. The van der Waals surface area contributed by atoms with Crippen LogP contribution in [0.5, 0.6) is 0 Å². The van der Waals surface area contributed by atoms with E-state index in [-0.39, 0.29) is 12.6 Å². The first-order valence-corrected chi connectivity index (χ1v) is 3.78. The number of rotatable bonds is 1. The second-order valence-corrected chi connectivity index (χ2v) is 3.75. The summed E-state index contributed by atoms with van der Waals surface area (Å²) in [5.41, 5.74) is -1.08. The van der Waals surface area contributed by atoms with E-state index in [0.717, 1.165) is 0 Å². The number of carbonyl (C=O) groups is 1. The second-order valence-electron chi connectivity index (χ2n) is 3.75. The molecule has 1 heterocycles. The Balaban J connectivity index is 2.92. The summed E-state index contributed by atoms with van der Waals surface area (Å²) in [6.45, 7) is -0.307. The van der Waals surface area contributed by atoms with Gasteiger partial charge in [0.15, 0.2) is 5.60 Å². The number of cyclic esters (lactones) is 1. The van der Waals surface area contributed by atoms with Gasteiger partial charge in [-0.3, -0.25) is 4.79 Å². The number of carbonyl (C=O) groups excluding carboxylic acids is 1. The third-order valence-electron chi connectivity index (χ3n) is 2.09. The molecular weight excluding hydrogens is 154 g/mol. The maximum absolute atomic E-state index is 11.2. The molecule has 0 spiro atoms. The molecule has 5 heteroatoms. The minimum atomic E-state index is -1.08. The van der Waals surface area contributed by atoms with Gasteiger partial charge in [0.25, 0.3) is 5.97 Å². The summed E-state index contributed by atoms with van der Waals surface area (Å²) in [5, 5.41) is 8.37. The highest BCUT2D eigenvalue weighted by atomic mass is 16.6. The Morgan fingerprint density at radius 2 is 2.33 bits per heavy atom. The molecule has 0 aromatic carbocycles.